The Hall–Kier alpha value is -1.60. The van der Waals surface area contributed by atoms with Gasteiger partial charge in [-0.3, -0.25) is 14.0 Å². The molecule has 2 saturated heterocycles. The third-order valence-electron chi connectivity index (χ3n) is 6.91. The molecular formula is C22H33N3O3S. The van der Waals surface area contributed by atoms with E-state index in [0.717, 1.165) is 13.1 Å². The first-order valence-corrected chi connectivity index (χ1v) is 12.7. The van der Waals surface area contributed by atoms with Gasteiger partial charge in [0.05, 0.1) is 11.4 Å². The Kier molecular flexibility index (Phi) is 6.16. The molecule has 3 aliphatic rings. The highest BCUT2D eigenvalue weighted by Crippen LogP contribution is 2.35. The van der Waals surface area contributed by atoms with Crippen LogP contribution in [0.25, 0.3) is 0 Å². The van der Waals surface area contributed by atoms with Crippen LogP contribution in [0.5, 0.6) is 0 Å². The molecule has 0 spiro atoms. The molecule has 7 heteroatoms. The second-order valence-electron chi connectivity index (χ2n) is 8.80. The van der Waals surface area contributed by atoms with Crippen LogP contribution in [0, 0.1) is 0 Å². The van der Waals surface area contributed by atoms with E-state index in [-0.39, 0.29) is 17.2 Å². The van der Waals surface area contributed by atoms with Crippen molar-refractivity contribution in [1.29, 1.82) is 0 Å². The second-order valence-corrected chi connectivity index (χ2v) is 10.8. The normalized spacial score (nSPS) is 24.3. The van der Waals surface area contributed by atoms with E-state index in [0.29, 0.717) is 30.8 Å². The molecule has 0 aromatic heterocycles. The van der Waals surface area contributed by atoms with Crippen molar-refractivity contribution in [1.82, 2.24) is 10.2 Å². The zero-order chi connectivity index (χ0) is 20.3. The van der Waals surface area contributed by atoms with Crippen molar-refractivity contribution < 1.29 is 13.2 Å². The topological polar surface area (TPSA) is 69.7 Å². The first-order valence-electron chi connectivity index (χ1n) is 11.1. The van der Waals surface area contributed by atoms with Crippen LogP contribution < -0.4 is 9.62 Å². The van der Waals surface area contributed by atoms with Crippen LogP contribution >= 0.6 is 0 Å². The molecule has 4 rings (SSSR count). The van der Waals surface area contributed by atoms with Gasteiger partial charge in [0.15, 0.2) is 0 Å². The summed E-state index contributed by atoms with van der Waals surface area (Å²) < 4.78 is 25.6. The van der Waals surface area contributed by atoms with E-state index < -0.39 is 10.0 Å². The standard InChI is InChI=1S/C22H33N3O3S/c26-21(19-8-10-20(11-9-19)25-16-7-17-29(25,27)28)23-18-22(12-3-1-4-13-22)24-14-5-2-6-15-24/h8-11H,1-7,12-18H2,(H,23,26). The summed E-state index contributed by atoms with van der Waals surface area (Å²) >= 11 is 0. The molecule has 1 aromatic rings. The number of hydrogen-bond acceptors (Lipinski definition) is 4. The fraction of sp³-hybridized carbons (Fsp3) is 0.682. The minimum atomic E-state index is -3.19. The van der Waals surface area contributed by atoms with Crippen LogP contribution in [0.15, 0.2) is 24.3 Å². The van der Waals surface area contributed by atoms with Crippen molar-refractivity contribution >= 4 is 21.6 Å². The number of sulfonamides is 1. The monoisotopic (exact) mass is 419 g/mol. The van der Waals surface area contributed by atoms with E-state index in [1.54, 1.807) is 24.3 Å². The quantitative estimate of drug-likeness (QED) is 0.796. The predicted octanol–water partition coefficient (Wildman–Crippen LogP) is 3.15. The fourth-order valence-electron chi connectivity index (χ4n) is 5.24. The van der Waals surface area contributed by atoms with Crippen molar-refractivity contribution in [2.45, 2.75) is 63.3 Å². The van der Waals surface area contributed by atoms with Gasteiger partial charge in [0.25, 0.3) is 5.91 Å². The lowest BCUT2D eigenvalue weighted by Crippen LogP contribution is -2.58. The van der Waals surface area contributed by atoms with Crippen molar-refractivity contribution in [2.24, 2.45) is 0 Å². The summed E-state index contributed by atoms with van der Waals surface area (Å²) in [4.78, 5) is 15.4. The average molecular weight is 420 g/mol. The first kappa shape index (κ1) is 20.7. The Bertz CT molecular complexity index is 810. The summed E-state index contributed by atoms with van der Waals surface area (Å²) in [5.74, 6) is 0.135. The van der Waals surface area contributed by atoms with Crippen molar-refractivity contribution in [3.8, 4) is 0 Å². The zero-order valence-electron chi connectivity index (χ0n) is 17.2. The van der Waals surface area contributed by atoms with Gasteiger partial charge in [-0.1, -0.05) is 25.7 Å². The van der Waals surface area contributed by atoms with E-state index in [4.69, 9.17) is 0 Å². The van der Waals surface area contributed by atoms with Crippen LogP contribution in [0.2, 0.25) is 0 Å². The van der Waals surface area contributed by atoms with Gasteiger partial charge in [-0.25, -0.2) is 8.42 Å². The minimum absolute atomic E-state index is 0.0669. The van der Waals surface area contributed by atoms with Crippen molar-refractivity contribution in [3.63, 3.8) is 0 Å². The number of rotatable bonds is 5. The van der Waals surface area contributed by atoms with Crippen LogP contribution in [0.4, 0.5) is 5.69 Å². The van der Waals surface area contributed by atoms with E-state index in [1.807, 2.05) is 0 Å². The zero-order valence-corrected chi connectivity index (χ0v) is 18.1. The Labute approximate surface area is 174 Å². The number of nitrogens with one attached hydrogen (secondary N) is 1. The van der Waals surface area contributed by atoms with Crippen molar-refractivity contribution in [2.75, 3.05) is 36.2 Å². The smallest absolute Gasteiger partial charge is 0.251 e. The molecule has 160 valence electrons. The van der Waals surface area contributed by atoms with Gasteiger partial charge in [-0.05, 0) is 69.5 Å². The maximum atomic E-state index is 12.8. The maximum Gasteiger partial charge on any atom is 0.251 e. The molecule has 3 fully saturated rings. The lowest BCUT2D eigenvalue weighted by Gasteiger charge is -2.48. The number of anilines is 1. The highest BCUT2D eigenvalue weighted by Gasteiger charge is 2.38. The van der Waals surface area contributed by atoms with Gasteiger partial charge in [-0.15, -0.1) is 0 Å². The molecule has 0 bridgehead atoms. The lowest BCUT2D eigenvalue weighted by molar-refractivity contribution is 0.0326. The Morgan fingerprint density at radius 3 is 2.17 bits per heavy atom. The Morgan fingerprint density at radius 2 is 1.55 bits per heavy atom. The first-order chi connectivity index (χ1) is 14.0. The van der Waals surface area contributed by atoms with Crippen LogP contribution in [0.3, 0.4) is 0 Å². The molecule has 29 heavy (non-hydrogen) atoms. The van der Waals surface area contributed by atoms with Gasteiger partial charge >= 0.3 is 0 Å². The third kappa shape index (κ3) is 4.45. The number of amides is 1. The highest BCUT2D eigenvalue weighted by atomic mass is 32.2. The number of piperidine rings is 1. The predicted molar refractivity (Wildman–Crippen MR) is 116 cm³/mol. The third-order valence-corrected chi connectivity index (χ3v) is 8.78. The summed E-state index contributed by atoms with van der Waals surface area (Å²) in [5, 5.41) is 3.20. The lowest BCUT2D eigenvalue weighted by atomic mass is 9.79. The summed E-state index contributed by atoms with van der Waals surface area (Å²) in [6.07, 6.45) is 10.6. The molecule has 1 aliphatic carbocycles. The van der Waals surface area contributed by atoms with E-state index in [1.165, 1.54) is 55.7 Å². The maximum absolute atomic E-state index is 12.8. The van der Waals surface area contributed by atoms with Gasteiger partial charge < -0.3 is 5.32 Å². The number of hydrogen-bond donors (Lipinski definition) is 1. The molecule has 1 saturated carbocycles. The summed E-state index contributed by atoms with van der Waals surface area (Å²) in [5.41, 5.74) is 1.35. The molecule has 2 heterocycles. The molecule has 2 aliphatic heterocycles. The molecular weight excluding hydrogens is 386 g/mol. The van der Waals surface area contributed by atoms with Gasteiger partial charge in [-0.2, -0.15) is 0 Å². The molecule has 6 nitrogen and oxygen atoms in total. The number of benzene rings is 1. The molecule has 0 unspecified atom stereocenters. The SMILES string of the molecule is O=C(NCC1(N2CCCCC2)CCCCC1)c1ccc(N2CCCS2(=O)=O)cc1. The Balaban J connectivity index is 1.41. The highest BCUT2D eigenvalue weighted by molar-refractivity contribution is 7.93. The average Bonchev–Trinajstić information content (AvgIpc) is 3.12. The van der Waals surface area contributed by atoms with E-state index in [2.05, 4.69) is 10.2 Å². The molecule has 0 atom stereocenters. The fourth-order valence-corrected chi connectivity index (χ4v) is 6.80. The minimum Gasteiger partial charge on any atom is -0.350 e. The second kappa shape index (κ2) is 8.64. The summed E-state index contributed by atoms with van der Waals surface area (Å²) in [6, 6.07) is 6.98. The van der Waals surface area contributed by atoms with E-state index in [9.17, 15) is 13.2 Å². The number of nitrogens with zero attached hydrogens (tertiary/aromatic N) is 2. The van der Waals surface area contributed by atoms with Gasteiger partial charge in [0.2, 0.25) is 10.0 Å². The molecule has 0 radical (unpaired) electrons. The molecule has 1 amide bonds. The Morgan fingerprint density at radius 1 is 0.897 bits per heavy atom. The largest absolute Gasteiger partial charge is 0.350 e. The van der Waals surface area contributed by atoms with Gasteiger partial charge in [0, 0.05) is 24.2 Å². The molecule has 1 aromatic carbocycles. The summed E-state index contributed by atoms with van der Waals surface area (Å²) in [7, 11) is -3.19. The number of likely N-dealkylation sites (tertiary alicyclic amines) is 1. The van der Waals surface area contributed by atoms with Gasteiger partial charge in [0.1, 0.15) is 0 Å². The molecule has 1 N–H and O–H groups in total. The number of carbonyl (C=O) groups excluding carboxylic acids is 1. The van der Waals surface area contributed by atoms with E-state index >= 15 is 0 Å². The van der Waals surface area contributed by atoms with Crippen molar-refractivity contribution in [3.05, 3.63) is 29.8 Å². The van der Waals surface area contributed by atoms with Crippen LogP contribution in [0.1, 0.15) is 68.1 Å². The summed E-state index contributed by atoms with van der Waals surface area (Å²) in [6.45, 7) is 3.52. The van der Waals surface area contributed by atoms with Crippen LogP contribution in [-0.2, 0) is 10.0 Å². The number of carbonyl (C=O) groups is 1. The van der Waals surface area contributed by atoms with Crippen LogP contribution in [-0.4, -0.2) is 56.7 Å².